The van der Waals surface area contributed by atoms with Crippen molar-refractivity contribution in [3.63, 3.8) is 0 Å². The highest BCUT2D eigenvalue weighted by molar-refractivity contribution is 9.08. The minimum Gasteiger partial charge on any atom is -0.398 e. The topological polar surface area (TPSA) is 26.0 Å². The summed E-state index contributed by atoms with van der Waals surface area (Å²) in [6.07, 6.45) is 1.10. The van der Waals surface area contributed by atoms with Crippen LogP contribution in [0, 0.1) is 0 Å². The van der Waals surface area contributed by atoms with Gasteiger partial charge in [-0.3, -0.25) is 0 Å². The number of hydrogen-bond acceptors (Lipinski definition) is 2. The van der Waals surface area contributed by atoms with Gasteiger partial charge in [0.2, 0.25) is 0 Å². The highest BCUT2D eigenvalue weighted by Crippen LogP contribution is 2.33. The number of alkyl halides is 1. The molecule has 0 bridgehead atoms. The van der Waals surface area contributed by atoms with E-state index in [1.54, 1.807) is 0 Å². The second-order valence-corrected chi connectivity index (χ2v) is 4.95. The zero-order chi connectivity index (χ0) is 10.1. The van der Waals surface area contributed by atoms with Crippen molar-refractivity contribution in [3.05, 3.63) is 28.6 Å². The highest BCUT2D eigenvalue weighted by Gasteiger charge is 2.07. The number of nitrogen functional groups attached to an aromatic ring is 1. The lowest BCUT2D eigenvalue weighted by atomic mass is 10.1. The molecule has 0 aliphatic rings. The number of nitrogens with two attached hydrogens (primary N) is 1. The first-order valence-electron chi connectivity index (χ1n) is 4.62. The molecular formula is C11H12BrNS. The molecule has 14 heavy (non-hydrogen) atoms. The average Bonchev–Trinajstić information content (AvgIpc) is 2.60. The number of benzene rings is 1. The fourth-order valence-corrected chi connectivity index (χ4v) is 3.48. The Morgan fingerprint density at radius 1 is 1.43 bits per heavy atom. The second kappa shape index (κ2) is 3.91. The van der Waals surface area contributed by atoms with Crippen molar-refractivity contribution < 1.29 is 0 Å². The van der Waals surface area contributed by atoms with Crippen LogP contribution in [-0.4, -0.2) is 0 Å². The van der Waals surface area contributed by atoms with Crippen molar-refractivity contribution >= 4 is 43.0 Å². The zero-order valence-corrected chi connectivity index (χ0v) is 10.4. The maximum Gasteiger partial charge on any atom is 0.0406 e. The Balaban J connectivity index is 2.73. The first-order chi connectivity index (χ1) is 6.76. The van der Waals surface area contributed by atoms with Crippen molar-refractivity contribution in [1.82, 2.24) is 0 Å². The van der Waals surface area contributed by atoms with Gasteiger partial charge >= 0.3 is 0 Å². The maximum absolute atomic E-state index is 5.92. The predicted molar refractivity (Wildman–Crippen MR) is 68.2 cm³/mol. The summed E-state index contributed by atoms with van der Waals surface area (Å²) in [6, 6.07) is 6.35. The van der Waals surface area contributed by atoms with Gasteiger partial charge in [-0.25, -0.2) is 0 Å². The van der Waals surface area contributed by atoms with E-state index in [0.717, 1.165) is 17.4 Å². The molecule has 0 unspecified atom stereocenters. The summed E-state index contributed by atoms with van der Waals surface area (Å²) < 4.78 is 1.33. The van der Waals surface area contributed by atoms with E-state index in [-0.39, 0.29) is 0 Å². The molecule has 0 radical (unpaired) electrons. The summed E-state index contributed by atoms with van der Waals surface area (Å²) in [4.78, 5) is 1.42. The molecule has 2 rings (SSSR count). The van der Waals surface area contributed by atoms with Crippen LogP contribution in [0.15, 0.2) is 18.2 Å². The maximum atomic E-state index is 5.92. The van der Waals surface area contributed by atoms with E-state index in [2.05, 4.69) is 35.0 Å². The smallest absolute Gasteiger partial charge is 0.0406 e. The summed E-state index contributed by atoms with van der Waals surface area (Å²) in [7, 11) is 0. The summed E-state index contributed by atoms with van der Waals surface area (Å²) in [5, 5.41) is 2.15. The van der Waals surface area contributed by atoms with Crippen LogP contribution in [-0.2, 0) is 11.8 Å². The molecule has 0 amide bonds. The molecule has 0 aliphatic heterocycles. The van der Waals surface area contributed by atoms with Gasteiger partial charge < -0.3 is 5.73 Å². The molecule has 0 spiro atoms. The van der Waals surface area contributed by atoms with E-state index in [1.807, 2.05) is 17.4 Å². The molecule has 0 fully saturated rings. The third-order valence-corrected chi connectivity index (χ3v) is 4.27. The van der Waals surface area contributed by atoms with Gasteiger partial charge in [0.1, 0.15) is 0 Å². The van der Waals surface area contributed by atoms with Crippen molar-refractivity contribution in [3.8, 4) is 0 Å². The van der Waals surface area contributed by atoms with Gasteiger partial charge in [0.25, 0.3) is 0 Å². The van der Waals surface area contributed by atoms with Crippen LogP contribution in [0.2, 0.25) is 0 Å². The molecule has 3 heteroatoms. The van der Waals surface area contributed by atoms with Gasteiger partial charge in [0, 0.05) is 26.2 Å². The Hall–Kier alpha value is -0.540. The Labute approximate surface area is 96.1 Å². The SMILES string of the molecule is CCc1cc2ccc(N)c(CBr)c2s1. The molecule has 1 nitrogen and oxygen atoms in total. The van der Waals surface area contributed by atoms with Gasteiger partial charge in [0.15, 0.2) is 0 Å². The quantitative estimate of drug-likeness (QED) is 0.649. The molecule has 0 saturated carbocycles. The van der Waals surface area contributed by atoms with Crippen LogP contribution in [0.5, 0.6) is 0 Å². The van der Waals surface area contributed by atoms with Crippen LogP contribution in [0.3, 0.4) is 0 Å². The predicted octanol–water partition coefficient (Wildman–Crippen LogP) is 3.94. The van der Waals surface area contributed by atoms with Crippen molar-refractivity contribution in [2.24, 2.45) is 0 Å². The second-order valence-electron chi connectivity index (χ2n) is 3.25. The largest absolute Gasteiger partial charge is 0.398 e. The standard InChI is InChI=1S/C11H12BrNS/c1-2-8-5-7-3-4-10(13)9(6-12)11(7)14-8/h3-5H,2,6,13H2,1H3. The molecule has 1 heterocycles. The van der Waals surface area contributed by atoms with E-state index in [1.165, 1.54) is 20.5 Å². The monoisotopic (exact) mass is 269 g/mol. The third-order valence-electron chi connectivity index (χ3n) is 2.36. The fraction of sp³-hybridized carbons (Fsp3) is 0.273. The molecule has 0 saturated heterocycles. The number of thiophene rings is 1. The van der Waals surface area contributed by atoms with E-state index in [4.69, 9.17) is 5.73 Å². The number of fused-ring (bicyclic) bond motifs is 1. The Kier molecular flexibility index (Phi) is 2.79. The zero-order valence-electron chi connectivity index (χ0n) is 8.01. The van der Waals surface area contributed by atoms with Gasteiger partial charge in [-0.1, -0.05) is 28.9 Å². The van der Waals surface area contributed by atoms with Gasteiger partial charge in [-0.2, -0.15) is 0 Å². The molecule has 1 aromatic heterocycles. The van der Waals surface area contributed by atoms with E-state index >= 15 is 0 Å². The minimum atomic E-state index is 0.833. The Morgan fingerprint density at radius 2 is 2.21 bits per heavy atom. The first kappa shape index (κ1) is 9.99. The molecule has 74 valence electrons. The third kappa shape index (κ3) is 1.55. The molecule has 0 aliphatic carbocycles. The van der Waals surface area contributed by atoms with Crippen LogP contribution in [0.25, 0.3) is 10.1 Å². The van der Waals surface area contributed by atoms with Crippen LogP contribution in [0.1, 0.15) is 17.4 Å². The summed E-state index contributed by atoms with van der Waals surface area (Å²) in [5.41, 5.74) is 8.04. The van der Waals surface area contributed by atoms with Crippen LogP contribution >= 0.6 is 27.3 Å². The summed E-state index contributed by atoms with van der Waals surface area (Å²) in [5.74, 6) is 0. The summed E-state index contributed by atoms with van der Waals surface area (Å²) in [6.45, 7) is 2.18. The van der Waals surface area contributed by atoms with Crippen LogP contribution < -0.4 is 5.73 Å². The lowest BCUT2D eigenvalue weighted by molar-refractivity contribution is 1.19. The normalized spacial score (nSPS) is 11.0. The van der Waals surface area contributed by atoms with E-state index in [9.17, 15) is 0 Å². The van der Waals surface area contributed by atoms with Gasteiger partial charge in [-0.05, 0) is 23.9 Å². The molecule has 0 atom stereocenters. The molecule has 1 aromatic carbocycles. The number of hydrogen-bond donors (Lipinski definition) is 1. The fourth-order valence-electron chi connectivity index (χ4n) is 1.54. The number of anilines is 1. The average molecular weight is 270 g/mol. The van der Waals surface area contributed by atoms with Gasteiger partial charge in [0.05, 0.1) is 0 Å². The minimum absolute atomic E-state index is 0.833. The number of aryl methyl sites for hydroxylation is 1. The number of halogens is 1. The highest BCUT2D eigenvalue weighted by atomic mass is 79.9. The molecule has 2 aromatic rings. The Morgan fingerprint density at radius 3 is 2.86 bits per heavy atom. The van der Waals surface area contributed by atoms with Crippen molar-refractivity contribution in [2.75, 3.05) is 5.73 Å². The van der Waals surface area contributed by atoms with E-state index < -0.39 is 0 Å². The van der Waals surface area contributed by atoms with Gasteiger partial charge in [-0.15, -0.1) is 11.3 Å². The van der Waals surface area contributed by atoms with Crippen molar-refractivity contribution in [1.29, 1.82) is 0 Å². The lowest BCUT2D eigenvalue weighted by Gasteiger charge is -2.02. The number of rotatable bonds is 2. The van der Waals surface area contributed by atoms with Crippen LogP contribution in [0.4, 0.5) is 5.69 Å². The lowest BCUT2D eigenvalue weighted by Crippen LogP contribution is -1.90. The van der Waals surface area contributed by atoms with E-state index in [0.29, 0.717) is 0 Å². The Bertz CT molecular complexity index is 462. The van der Waals surface area contributed by atoms with Crippen molar-refractivity contribution in [2.45, 2.75) is 18.7 Å². The molecule has 2 N–H and O–H groups in total. The summed E-state index contributed by atoms with van der Waals surface area (Å²) >= 11 is 5.34. The molecular weight excluding hydrogens is 258 g/mol. The first-order valence-corrected chi connectivity index (χ1v) is 6.55.